The van der Waals surface area contributed by atoms with Crippen molar-refractivity contribution in [3.8, 4) is 0 Å². The van der Waals surface area contributed by atoms with Gasteiger partial charge in [-0.05, 0) is 36.4 Å². The van der Waals surface area contributed by atoms with Gasteiger partial charge in [-0.25, -0.2) is 4.39 Å². The SMILES string of the molecule is O=C(Nc1ccc2cn[nH]c2c1)c1cc(Br)ccc1F. The summed E-state index contributed by atoms with van der Waals surface area (Å²) < 4.78 is 14.3. The number of H-pyrrole nitrogens is 1. The van der Waals surface area contributed by atoms with E-state index >= 15 is 0 Å². The van der Waals surface area contributed by atoms with Gasteiger partial charge in [-0.3, -0.25) is 9.89 Å². The summed E-state index contributed by atoms with van der Waals surface area (Å²) >= 11 is 3.22. The van der Waals surface area contributed by atoms with E-state index in [4.69, 9.17) is 0 Å². The van der Waals surface area contributed by atoms with Gasteiger partial charge in [-0.2, -0.15) is 5.10 Å². The Morgan fingerprint density at radius 1 is 1.25 bits per heavy atom. The molecule has 0 atom stereocenters. The van der Waals surface area contributed by atoms with Gasteiger partial charge in [0.2, 0.25) is 0 Å². The quantitative estimate of drug-likeness (QED) is 0.750. The first-order valence-electron chi connectivity index (χ1n) is 5.83. The molecule has 0 aliphatic rings. The van der Waals surface area contributed by atoms with E-state index in [0.717, 1.165) is 10.9 Å². The minimum absolute atomic E-state index is 0.0101. The minimum Gasteiger partial charge on any atom is -0.322 e. The molecule has 0 aliphatic heterocycles. The van der Waals surface area contributed by atoms with Crippen LogP contribution in [0.1, 0.15) is 10.4 Å². The summed E-state index contributed by atoms with van der Waals surface area (Å²) in [5.74, 6) is -1.06. The second kappa shape index (κ2) is 5.05. The number of aromatic nitrogens is 2. The van der Waals surface area contributed by atoms with E-state index in [1.165, 1.54) is 12.1 Å². The van der Waals surface area contributed by atoms with E-state index in [1.807, 2.05) is 6.07 Å². The number of anilines is 1. The highest BCUT2D eigenvalue weighted by Gasteiger charge is 2.12. The maximum absolute atomic E-state index is 13.6. The van der Waals surface area contributed by atoms with E-state index in [2.05, 4.69) is 31.4 Å². The number of fused-ring (bicyclic) bond motifs is 1. The average Bonchev–Trinajstić information content (AvgIpc) is 2.89. The van der Waals surface area contributed by atoms with Crippen molar-refractivity contribution in [3.05, 3.63) is 58.4 Å². The maximum Gasteiger partial charge on any atom is 0.258 e. The summed E-state index contributed by atoms with van der Waals surface area (Å²) in [5.41, 5.74) is 1.37. The Balaban J connectivity index is 1.89. The first-order chi connectivity index (χ1) is 9.63. The van der Waals surface area contributed by atoms with Crippen LogP contribution in [0, 0.1) is 5.82 Å². The fraction of sp³-hybridized carbons (Fsp3) is 0. The van der Waals surface area contributed by atoms with Gasteiger partial charge in [0.25, 0.3) is 5.91 Å². The molecule has 1 aromatic heterocycles. The molecule has 0 fully saturated rings. The van der Waals surface area contributed by atoms with Gasteiger partial charge in [0.05, 0.1) is 17.3 Å². The van der Waals surface area contributed by atoms with Gasteiger partial charge in [0, 0.05) is 15.5 Å². The predicted molar refractivity (Wildman–Crippen MR) is 78.1 cm³/mol. The molecule has 20 heavy (non-hydrogen) atoms. The Morgan fingerprint density at radius 3 is 2.95 bits per heavy atom. The number of benzene rings is 2. The number of nitrogens with one attached hydrogen (secondary N) is 2. The first-order valence-corrected chi connectivity index (χ1v) is 6.62. The van der Waals surface area contributed by atoms with Crippen molar-refractivity contribution >= 4 is 38.4 Å². The van der Waals surface area contributed by atoms with E-state index in [9.17, 15) is 9.18 Å². The molecule has 6 heteroatoms. The lowest BCUT2D eigenvalue weighted by atomic mass is 10.2. The van der Waals surface area contributed by atoms with Crippen LogP contribution in [0.25, 0.3) is 10.9 Å². The average molecular weight is 334 g/mol. The molecule has 0 radical (unpaired) electrons. The van der Waals surface area contributed by atoms with E-state index in [0.29, 0.717) is 10.2 Å². The molecular formula is C14H9BrFN3O. The molecule has 4 nitrogen and oxygen atoms in total. The minimum atomic E-state index is -0.562. The van der Waals surface area contributed by atoms with Crippen molar-refractivity contribution in [2.45, 2.75) is 0 Å². The molecule has 0 saturated heterocycles. The Kier molecular flexibility index (Phi) is 3.23. The second-order valence-corrected chi connectivity index (χ2v) is 5.17. The number of rotatable bonds is 2. The van der Waals surface area contributed by atoms with Gasteiger partial charge in [0.1, 0.15) is 5.82 Å². The lowest BCUT2D eigenvalue weighted by Crippen LogP contribution is -2.13. The maximum atomic E-state index is 13.6. The summed E-state index contributed by atoms with van der Waals surface area (Å²) in [5, 5.41) is 10.3. The number of hydrogen-bond acceptors (Lipinski definition) is 2. The van der Waals surface area contributed by atoms with Crippen LogP contribution in [-0.4, -0.2) is 16.1 Å². The molecule has 2 N–H and O–H groups in total. The van der Waals surface area contributed by atoms with Crippen LogP contribution in [0.3, 0.4) is 0 Å². The molecule has 1 amide bonds. The van der Waals surface area contributed by atoms with Crippen LogP contribution in [-0.2, 0) is 0 Å². The summed E-state index contributed by atoms with van der Waals surface area (Å²) in [6.45, 7) is 0. The van der Waals surface area contributed by atoms with Crippen LogP contribution in [0.4, 0.5) is 10.1 Å². The van der Waals surface area contributed by atoms with Gasteiger partial charge in [-0.15, -0.1) is 0 Å². The number of halogens is 2. The zero-order valence-corrected chi connectivity index (χ0v) is 11.7. The van der Waals surface area contributed by atoms with Gasteiger partial charge < -0.3 is 5.32 Å². The third kappa shape index (κ3) is 2.42. The highest BCUT2D eigenvalue weighted by molar-refractivity contribution is 9.10. The summed E-state index contributed by atoms with van der Waals surface area (Å²) in [6.07, 6.45) is 1.69. The summed E-state index contributed by atoms with van der Waals surface area (Å²) in [6, 6.07) is 9.55. The molecule has 0 spiro atoms. The van der Waals surface area contributed by atoms with Crippen molar-refractivity contribution in [1.29, 1.82) is 0 Å². The van der Waals surface area contributed by atoms with Gasteiger partial charge >= 0.3 is 0 Å². The standard InChI is InChI=1S/C14H9BrFN3O/c15-9-2-4-12(16)11(5-9)14(20)18-10-3-1-8-7-17-19-13(8)6-10/h1-7H,(H,17,19)(H,18,20). The van der Waals surface area contributed by atoms with Crippen molar-refractivity contribution in [3.63, 3.8) is 0 Å². The Labute approximate surface area is 122 Å². The van der Waals surface area contributed by atoms with Crippen molar-refractivity contribution in [2.75, 3.05) is 5.32 Å². The fourth-order valence-electron chi connectivity index (χ4n) is 1.88. The monoisotopic (exact) mass is 333 g/mol. The van der Waals surface area contributed by atoms with E-state index < -0.39 is 11.7 Å². The molecule has 0 saturated carbocycles. The number of carbonyl (C=O) groups is 1. The molecule has 1 heterocycles. The molecule has 0 aliphatic carbocycles. The highest BCUT2D eigenvalue weighted by Crippen LogP contribution is 2.19. The van der Waals surface area contributed by atoms with Crippen molar-refractivity contribution < 1.29 is 9.18 Å². The number of aromatic amines is 1. The van der Waals surface area contributed by atoms with Crippen molar-refractivity contribution in [1.82, 2.24) is 10.2 Å². The van der Waals surface area contributed by atoms with Crippen LogP contribution in [0.5, 0.6) is 0 Å². The zero-order chi connectivity index (χ0) is 14.1. The largest absolute Gasteiger partial charge is 0.322 e. The third-order valence-electron chi connectivity index (χ3n) is 2.87. The Bertz CT molecular complexity index is 800. The number of carbonyl (C=O) groups excluding carboxylic acids is 1. The van der Waals surface area contributed by atoms with E-state index in [1.54, 1.807) is 24.4 Å². The topological polar surface area (TPSA) is 57.8 Å². The normalized spacial score (nSPS) is 10.7. The molecule has 3 aromatic rings. The first kappa shape index (κ1) is 12.8. The molecule has 0 bridgehead atoms. The van der Waals surface area contributed by atoms with Crippen LogP contribution in [0.15, 0.2) is 47.1 Å². The third-order valence-corrected chi connectivity index (χ3v) is 3.37. The fourth-order valence-corrected chi connectivity index (χ4v) is 2.25. The molecule has 2 aromatic carbocycles. The highest BCUT2D eigenvalue weighted by atomic mass is 79.9. The smallest absolute Gasteiger partial charge is 0.258 e. The lowest BCUT2D eigenvalue weighted by molar-refractivity contribution is 0.102. The van der Waals surface area contributed by atoms with Gasteiger partial charge in [0.15, 0.2) is 0 Å². The van der Waals surface area contributed by atoms with Crippen LogP contribution >= 0.6 is 15.9 Å². The Morgan fingerprint density at radius 2 is 2.10 bits per heavy atom. The van der Waals surface area contributed by atoms with E-state index in [-0.39, 0.29) is 5.56 Å². The second-order valence-electron chi connectivity index (χ2n) is 4.25. The Hall–Kier alpha value is -2.21. The summed E-state index contributed by atoms with van der Waals surface area (Å²) in [4.78, 5) is 12.1. The number of amides is 1. The van der Waals surface area contributed by atoms with Crippen molar-refractivity contribution in [2.24, 2.45) is 0 Å². The predicted octanol–water partition coefficient (Wildman–Crippen LogP) is 3.72. The molecular weight excluding hydrogens is 325 g/mol. The molecule has 0 unspecified atom stereocenters. The number of nitrogens with zero attached hydrogens (tertiary/aromatic N) is 1. The van der Waals surface area contributed by atoms with Crippen LogP contribution in [0.2, 0.25) is 0 Å². The molecule has 100 valence electrons. The molecule has 3 rings (SSSR count). The van der Waals surface area contributed by atoms with Crippen LogP contribution < -0.4 is 5.32 Å². The zero-order valence-electron chi connectivity index (χ0n) is 10.2. The van der Waals surface area contributed by atoms with Gasteiger partial charge in [-0.1, -0.05) is 15.9 Å². The summed E-state index contributed by atoms with van der Waals surface area (Å²) in [7, 11) is 0. The lowest BCUT2D eigenvalue weighted by Gasteiger charge is -2.06. The number of hydrogen-bond donors (Lipinski definition) is 2.